The third-order valence-electron chi connectivity index (χ3n) is 2.80. The van der Waals surface area contributed by atoms with E-state index >= 15 is 0 Å². The minimum atomic E-state index is -0.611. The predicted octanol–water partition coefficient (Wildman–Crippen LogP) is 3.27. The average Bonchev–Trinajstić information content (AvgIpc) is 2.86. The van der Waals surface area contributed by atoms with Crippen molar-refractivity contribution < 1.29 is 13.9 Å². The fourth-order valence-electron chi connectivity index (χ4n) is 1.90. The van der Waals surface area contributed by atoms with Crippen LogP contribution in [0.4, 0.5) is 9.18 Å². The number of benzene rings is 1. The van der Waals surface area contributed by atoms with Gasteiger partial charge in [-0.05, 0) is 50.1 Å². The first kappa shape index (κ1) is 15.7. The van der Waals surface area contributed by atoms with Gasteiger partial charge in [0.25, 0.3) is 0 Å². The first-order valence-electron chi connectivity index (χ1n) is 6.74. The molecule has 2 rings (SSSR count). The number of carbonyl (C=O) groups is 1. The second-order valence-corrected chi connectivity index (χ2v) is 5.86. The molecule has 1 aromatic carbocycles. The minimum Gasteiger partial charge on any atom is -0.442 e. The van der Waals surface area contributed by atoms with E-state index in [1.807, 2.05) is 6.07 Å². The van der Waals surface area contributed by atoms with E-state index in [1.54, 1.807) is 20.8 Å². The van der Waals surface area contributed by atoms with Crippen molar-refractivity contribution in [3.8, 4) is 6.07 Å². The van der Waals surface area contributed by atoms with Crippen LogP contribution in [0.3, 0.4) is 0 Å². The molecular formula is C16H16FN3O2. The van der Waals surface area contributed by atoms with Crippen LogP contribution in [0.25, 0.3) is 0 Å². The summed E-state index contributed by atoms with van der Waals surface area (Å²) < 4.78 is 19.6. The van der Waals surface area contributed by atoms with Gasteiger partial charge in [-0.1, -0.05) is 0 Å². The number of halogens is 1. The molecule has 0 fully saturated rings. The van der Waals surface area contributed by atoms with Crippen LogP contribution in [-0.2, 0) is 11.2 Å². The number of aromatic nitrogens is 2. The second kappa shape index (κ2) is 5.98. The quantitative estimate of drug-likeness (QED) is 0.853. The standard InChI is InChI=1S/C16H16FN3O2/c1-16(2,3)22-15(21)20-10-11(9-19-20)6-13-7-14(17)5-4-12(13)8-18/h4-5,7,9-10H,6H2,1-3H3. The highest BCUT2D eigenvalue weighted by Gasteiger charge is 2.18. The van der Waals surface area contributed by atoms with Crippen LogP contribution in [0.1, 0.15) is 37.5 Å². The molecule has 2 aromatic rings. The van der Waals surface area contributed by atoms with Gasteiger partial charge in [0.05, 0.1) is 17.8 Å². The Kier molecular flexibility index (Phi) is 4.27. The molecule has 5 nitrogen and oxygen atoms in total. The van der Waals surface area contributed by atoms with Gasteiger partial charge in [0, 0.05) is 12.6 Å². The zero-order valence-electron chi connectivity index (χ0n) is 12.6. The van der Waals surface area contributed by atoms with Crippen molar-refractivity contribution in [1.29, 1.82) is 5.26 Å². The Morgan fingerprint density at radius 1 is 1.45 bits per heavy atom. The SMILES string of the molecule is CC(C)(C)OC(=O)n1cc(Cc2cc(F)ccc2C#N)cn1. The highest BCUT2D eigenvalue weighted by molar-refractivity contribution is 5.69. The molecule has 6 heteroatoms. The van der Waals surface area contributed by atoms with Crippen molar-refractivity contribution >= 4 is 6.09 Å². The van der Waals surface area contributed by atoms with Gasteiger partial charge in [0.15, 0.2) is 0 Å². The summed E-state index contributed by atoms with van der Waals surface area (Å²) in [6, 6.07) is 6.00. The second-order valence-electron chi connectivity index (χ2n) is 5.86. The van der Waals surface area contributed by atoms with Crippen LogP contribution < -0.4 is 0 Å². The van der Waals surface area contributed by atoms with E-state index < -0.39 is 17.5 Å². The topological polar surface area (TPSA) is 67.9 Å². The lowest BCUT2D eigenvalue weighted by atomic mass is 10.0. The molecule has 0 saturated carbocycles. The normalized spacial score (nSPS) is 11.0. The smallest absolute Gasteiger partial charge is 0.435 e. The zero-order valence-corrected chi connectivity index (χ0v) is 12.6. The maximum Gasteiger partial charge on any atom is 0.435 e. The van der Waals surface area contributed by atoms with E-state index in [2.05, 4.69) is 5.10 Å². The van der Waals surface area contributed by atoms with E-state index in [-0.39, 0.29) is 0 Å². The summed E-state index contributed by atoms with van der Waals surface area (Å²) in [4.78, 5) is 11.9. The summed E-state index contributed by atoms with van der Waals surface area (Å²) in [6.45, 7) is 5.30. The maximum absolute atomic E-state index is 13.3. The summed E-state index contributed by atoms with van der Waals surface area (Å²) in [6.07, 6.45) is 2.73. The number of hydrogen-bond acceptors (Lipinski definition) is 4. The minimum absolute atomic E-state index is 0.309. The van der Waals surface area contributed by atoms with Crippen molar-refractivity contribution in [2.24, 2.45) is 0 Å². The monoisotopic (exact) mass is 301 g/mol. The summed E-state index contributed by atoms with van der Waals surface area (Å²) in [7, 11) is 0. The highest BCUT2D eigenvalue weighted by atomic mass is 19.1. The molecule has 0 aliphatic carbocycles. The van der Waals surface area contributed by atoms with Gasteiger partial charge in [-0.2, -0.15) is 15.0 Å². The zero-order chi connectivity index (χ0) is 16.3. The van der Waals surface area contributed by atoms with E-state index in [0.717, 1.165) is 4.68 Å². The summed E-state index contributed by atoms with van der Waals surface area (Å²) in [5, 5.41) is 13.0. The molecule has 0 atom stereocenters. The number of rotatable bonds is 2. The van der Waals surface area contributed by atoms with Crippen LogP contribution in [0.15, 0.2) is 30.6 Å². The van der Waals surface area contributed by atoms with Crippen LogP contribution in [0.5, 0.6) is 0 Å². The van der Waals surface area contributed by atoms with Crippen molar-refractivity contribution in [1.82, 2.24) is 9.78 Å². The predicted molar refractivity (Wildman–Crippen MR) is 77.8 cm³/mol. The molecule has 0 amide bonds. The van der Waals surface area contributed by atoms with E-state index in [1.165, 1.54) is 30.6 Å². The third-order valence-corrected chi connectivity index (χ3v) is 2.80. The van der Waals surface area contributed by atoms with E-state index in [0.29, 0.717) is 23.1 Å². The lowest BCUT2D eigenvalue weighted by Crippen LogP contribution is -2.27. The molecule has 0 N–H and O–H groups in total. The van der Waals surface area contributed by atoms with Gasteiger partial charge in [0.1, 0.15) is 11.4 Å². The summed E-state index contributed by atoms with van der Waals surface area (Å²) >= 11 is 0. The number of carbonyl (C=O) groups excluding carboxylic acids is 1. The number of hydrogen-bond donors (Lipinski definition) is 0. The Bertz CT molecular complexity index is 739. The molecule has 0 bridgehead atoms. The number of nitrogens with zero attached hydrogens (tertiary/aromatic N) is 3. The first-order chi connectivity index (χ1) is 10.3. The maximum atomic E-state index is 13.3. The molecule has 0 aliphatic rings. The third kappa shape index (κ3) is 3.92. The van der Waals surface area contributed by atoms with Gasteiger partial charge in [-0.15, -0.1) is 0 Å². The van der Waals surface area contributed by atoms with Crippen LogP contribution in [0, 0.1) is 17.1 Å². The summed E-state index contributed by atoms with van der Waals surface area (Å²) in [5.41, 5.74) is 1.02. The Balaban J connectivity index is 2.18. The number of ether oxygens (including phenoxy) is 1. The molecule has 1 heterocycles. The first-order valence-corrected chi connectivity index (χ1v) is 6.74. The Hall–Kier alpha value is -2.68. The number of nitriles is 1. The fourth-order valence-corrected chi connectivity index (χ4v) is 1.90. The molecule has 0 spiro atoms. The Morgan fingerprint density at radius 2 is 2.18 bits per heavy atom. The molecule has 0 unspecified atom stereocenters. The van der Waals surface area contributed by atoms with Crippen molar-refractivity contribution in [2.45, 2.75) is 32.8 Å². The molecule has 114 valence electrons. The lowest BCUT2D eigenvalue weighted by molar-refractivity contribution is 0.0514. The van der Waals surface area contributed by atoms with Crippen molar-refractivity contribution in [2.75, 3.05) is 0 Å². The van der Waals surface area contributed by atoms with Crippen molar-refractivity contribution in [3.63, 3.8) is 0 Å². The van der Waals surface area contributed by atoms with Gasteiger partial charge in [-0.25, -0.2) is 9.18 Å². The molecule has 22 heavy (non-hydrogen) atoms. The van der Waals surface area contributed by atoms with Gasteiger partial charge in [0.2, 0.25) is 0 Å². The summed E-state index contributed by atoms with van der Waals surface area (Å²) in [5.74, 6) is -0.409. The largest absolute Gasteiger partial charge is 0.442 e. The lowest BCUT2D eigenvalue weighted by Gasteiger charge is -2.18. The molecule has 0 aliphatic heterocycles. The van der Waals surface area contributed by atoms with Gasteiger partial charge < -0.3 is 4.74 Å². The molecule has 0 saturated heterocycles. The molecular weight excluding hydrogens is 285 g/mol. The van der Waals surface area contributed by atoms with Crippen LogP contribution >= 0.6 is 0 Å². The molecule has 0 radical (unpaired) electrons. The van der Waals surface area contributed by atoms with Gasteiger partial charge >= 0.3 is 6.09 Å². The van der Waals surface area contributed by atoms with Crippen LogP contribution in [-0.4, -0.2) is 21.5 Å². The highest BCUT2D eigenvalue weighted by Crippen LogP contribution is 2.16. The van der Waals surface area contributed by atoms with Crippen molar-refractivity contribution in [3.05, 3.63) is 53.1 Å². The Labute approximate surface area is 127 Å². The van der Waals surface area contributed by atoms with Crippen LogP contribution in [0.2, 0.25) is 0 Å². The van der Waals surface area contributed by atoms with E-state index in [9.17, 15) is 9.18 Å². The Morgan fingerprint density at radius 3 is 2.82 bits per heavy atom. The average molecular weight is 301 g/mol. The molecule has 1 aromatic heterocycles. The fraction of sp³-hybridized carbons (Fsp3) is 0.312. The van der Waals surface area contributed by atoms with Gasteiger partial charge in [-0.3, -0.25) is 0 Å². The van der Waals surface area contributed by atoms with E-state index in [4.69, 9.17) is 10.00 Å².